The summed E-state index contributed by atoms with van der Waals surface area (Å²) >= 11 is 3.43. The van der Waals surface area contributed by atoms with Gasteiger partial charge in [-0.2, -0.15) is 0 Å². The molecular weight excluding hydrogens is 396 g/mol. The zero-order chi connectivity index (χ0) is 18.1. The Morgan fingerprint density at radius 2 is 1.81 bits per heavy atom. The average molecular weight is 413 g/mol. The first-order valence-electron chi connectivity index (χ1n) is 8.31. The van der Waals surface area contributed by atoms with Crippen LogP contribution in [0.5, 0.6) is 0 Å². The molecule has 1 aliphatic heterocycles. The van der Waals surface area contributed by atoms with Crippen LogP contribution in [0, 0.1) is 5.92 Å². The third kappa shape index (κ3) is 3.54. The molecule has 132 valence electrons. The third-order valence-corrected chi connectivity index (χ3v) is 5.08. The van der Waals surface area contributed by atoms with Gasteiger partial charge in [0.15, 0.2) is 0 Å². The van der Waals surface area contributed by atoms with E-state index in [4.69, 9.17) is 5.11 Å². The largest absolute Gasteiger partial charge is 0.481 e. The zero-order valence-electron chi connectivity index (χ0n) is 13.9. The van der Waals surface area contributed by atoms with E-state index < -0.39 is 5.97 Å². The van der Waals surface area contributed by atoms with Crippen LogP contribution in [-0.2, 0) is 11.3 Å². The topological polar surface area (TPSA) is 71.2 Å². The van der Waals surface area contributed by atoms with Gasteiger partial charge in [-0.05, 0) is 29.8 Å². The van der Waals surface area contributed by atoms with Crippen LogP contribution in [0.25, 0.3) is 16.9 Å². The number of aromatic nitrogens is 3. The summed E-state index contributed by atoms with van der Waals surface area (Å²) in [6, 6.07) is 16.1. The van der Waals surface area contributed by atoms with Crippen molar-refractivity contribution >= 4 is 21.9 Å². The monoisotopic (exact) mass is 412 g/mol. The molecule has 4 rings (SSSR count). The Balaban J connectivity index is 1.43. The number of carboxylic acids is 1. The van der Waals surface area contributed by atoms with E-state index in [9.17, 15) is 4.79 Å². The molecule has 2 heterocycles. The molecule has 1 aromatic heterocycles. The van der Waals surface area contributed by atoms with Gasteiger partial charge in [0.05, 0.1) is 17.8 Å². The van der Waals surface area contributed by atoms with Crippen molar-refractivity contribution in [2.24, 2.45) is 5.92 Å². The maximum atomic E-state index is 10.9. The SMILES string of the molecule is O=C(O)C1CN(Cc2ccc(-n3cc(-c4ccc(Br)cc4)nn3)cc2)C1. The summed E-state index contributed by atoms with van der Waals surface area (Å²) in [5.74, 6) is -0.925. The van der Waals surface area contributed by atoms with Crippen molar-refractivity contribution < 1.29 is 9.90 Å². The summed E-state index contributed by atoms with van der Waals surface area (Å²) in [4.78, 5) is 13.0. The van der Waals surface area contributed by atoms with Crippen LogP contribution in [0.1, 0.15) is 5.56 Å². The molecule has 2 aromatic carbocycles. The van der Waals surface area contributed by atoms with Crippen molar-refractivity contribution in [1.82, 2.24) is 19.9 Å². The molecule has 0 saturated carbocycles. The highest BCUT2D eigenvalue weighted by molar-refractivity contribution is 9.10. The van der Waals surface area contributed by atoms with Crippen LogP contribution in [0.2, 0.25) is 0 Å². The quantitative estimate of drug-likeness (QED) is 0.696. The van der Waals surface area contributed by atoms with Gasteiger partial charge in [0.1, 0.15) is 5.69 Å². The van der Waals surface area contributed by atoms with Gasteiger partial charge < -0.3 is 5.11 Å². The smallest absolute Gasteiger partial charge is 0.309 e. The first-order chi connectivity index (χ1) is 12.6. The first-order valence-corrected chi connectivity index (χ1v) is 9.10. The molecule has 0 atom stereocenters. The second-order valence-electron chi connectivity index (χ2n) is 6.45. The second-order valence-corrected chi connectivity index (χ2v) is 7.37. The Hall–Kier alpha value is -2.51. The van der Waals surface area contributed by atoms with Crippen molar-refractivity contribution in [3.63, 3.8) is 0 Å². The fourth-order valence-corrected chi connectivity index (χ4v) is 3.27. The summed E-state index contributed by atoms with van der Waals surface area (Å²) in [5, 5.41) is 17.4. The fraction of sp³-hybridized carbons (Fsp3) is 0.211. The Bertz CT molecular complexity index is 915. The summed E-state index contributed by atoms with van der Waals surface area (Å²) in [6.45, 7) is 2.01. The van der Waals surface area contributed by atoms with Crippen molar-refractivity contribution in [3.8, 4) is 16.9 Å². The predicted molar refractivity (Wildman–Crippen MR) is 101 cm³/mol. The van der Waals surface area contributed by atoms with Gasteiger partial charge in [0, 0.05) is 29.7 Å². The summed E-state index contributed by atoms with van der Waals surface area (Å²) in [5.41, 5.74) is 3.94. The summed E-state index contributed by atoms with van der Waals surface area (Å²) in [7, 11) is 0. The minimum atomic E-state index is -0.704. The first kappa shape index (κ1) is 16.9. The van der Waals surface area contributed by atoms with Gasteiger partial charge in [-0.1, -0.05) is 45.4 Å². The maximum Gasteiger partial charge on any atom is 0.309 e. The Morgan fingerprint density at radius 3 is 2.46 bits per heavy atom. The maximum absolute atomic E-state index is 10.9. The molecule has 6 nitrogen and oxygen atoms in total. The van der Waals surface area contributed by atoms with Crippen LogP contribution in [0.4, 0.5) is 0 Å². The number of halogens is 1. The van der Waals surface area contributed by atoms with E-state index in [1.807, 2.05) is 54.7 Å². The highest BCUT2D eigenvalue weighted by Gasteiger charge is 2.32. The van der Waals surface area contributed by atoms with Gasteiger partial charge >= 0.3 is 5.97 Å². The molecule has 7 heteroatoms. The number of benzene rings is 2. The zero-order valence-corrected chi connectivity index (χ0v) is 15.5. The lowest BCUT2D eigenvalue weighted by molar-refractivity contribution is -0.147. The molecule has 0 unspecified atom stereocenters. The fourth-order valence-electron chi connectivity index (χ4n) is 3.01. The molecule has 1 fully saturated rings. The molecule has 3 aromatic rings. The molecule has 0 amide bonds. The number of rotatable bonds is 5. The predicted octanol–water partition coefficient (Wildman–Crippen LogP) is 3.21. The van der Waals surface area contributed by atoms with Crippen LogP contribution in [-0.4, -0.2) is 44.1 Å². The van der Waals surface area contributed by atoms with Gasteiger partial charge in [0.2, 0.25) is 0 Å². The lowest BCUT2D eigenvalue weighted by Gasteiger charge is -2.36. The standard InChI is InChI=1S/C19H17BrN4O2/c20-16-5-3-14(4-6-16)18-12-24(22-21-18)17-7-1-13(2-8-17)9-23-10-15(11-23)19(25)26/h1-8,12,15H,9-11H2,(H,25,26). The van der Waals surface area contributed by atoms with E-state index in [1.165, 1.54) is 0 Å². The number of carboxylic acid groups (broad SMARTS) is 1. The molecule has 0 aliphatic carbocycles. The highest BCUT2D eigenvalue weighted by atomic mass is 79.9. The number of likely N-dealkylation sites (tertiary alicyclic amines) is 1. The van der Waals surface area contributed by atoms with Crippen LogP contribution in [0.15, 0.2) is 59.2 Å². The average Bonchev–Trinajstić information content (AvgIpc) is 3.08. The minimum absolute atomic E-state index is 0.221. The lowest BCUT2D eigenvalue weighted by Crippen LogP contribution is -2.49. The second kappa shape index (κ2) is 7.01. The highest BCUT2D eigenvalue weighted by Crippen LogP contribution is 2.22. The molecule has 0 spiro atoms. The number of hydrogen-bond acceptors (Lipinski definition) is 4. The van der Waals surface area contributed by atoms with Crippen molar-refractivity contribution in [3.05, 3.63) is 64.8 Å². The lowest BCUT2D eigenvalue weighted by atomic mass is 9.99. The van der Waals surface area contributed by atoms with Gasteiger partial charge in [-0.25, -0.2) is 4.68 Å². The third-order valence-electron chi connectivity index (χ3n) is 4.55. The normalized spacial score (nSPS) is 15.0. The Kier molecular flexibility index (Phi) is 4.57. The van der Waals surface area contributed by atoms with E-state index in [0.29, 0.717) is 13.1 Å². The Morgan fingerprint density at radius 1 is 1.12 bits per heavy atom. The van der Waals surface area contributed by atoms with Crippen molar-refractivity contribution in [1.29, 1.82) is 0 Å². The van der Waals surface area contributed by atoms with Crippen LogP contribution >= 0.6 is 15.9 Å². The van der Waals surface area contributed by atoms with Crippen LogP contribution in [0.3, 0.4) is 0 Å². The number of hydrogen-bond donors (Lipinski definition) is 1. The van der Waals surface area contributed by atoms with Gasteiger partial charge in [-0.15, -0.1) is 5.10 Å². The van der Waals surface area contributed by atoms with E-state index in [-0.39, 0.29) is 5.92 Å². The number of nitrogens with zero attached hydrogens (tertiary/aromatic N) is 4. The van der Waals surface area contributed by atoms with E-state index in [0.717, 1.165) is 33.5 Å². The molecule has 1 N–H and O–H groups in total. The van der Waals surface area contributed by atoms with Gasteiger partial charge in [0.25, 0.3) is 0 Å². The molecule has 1 saturated heterocycles. The summed E-state index contributed by atoms with van der Waals surface area (Å²) in [6.07, 6.45) is 1.91. The summed E-state index contributed by atoms with van der Waals surface area (Å²) < 4.78 is 2.78. The minimum Gasteiger partial charge on any atom is -0.481 e. The molecule has 0 radical (unpaired) electrons. The van der Waals surface area contributed by atoms with E-state index in [1.54, 1.807) is 4.68 Å². The molecular formula is C19H17BrN4O2. The molecule has 0 bridgehead atoms. The van der Waals surface area contributed by atoms with Crippen molar-refractivity contribution in [2.45, 2.75) is 6.54 Å². The molecule has 1 aliphatic rings. The van der Waals surface area contributed by atoms with E-state index >= 15 is 0 Å². The molecule has 26 heavy (non-hydrogen) atoms. The number of aliphatic carboxylic acids is 1. The Labute approximate surface area is 159 Å². The van der Waals surface area contributed by atoms with Gasteiger partial charge in [-0.3, -0.25) is 9.69 Å². The van der Waals surface area contributed by atoms with Crippen molar-refractivity contribution in [2.75, 3.05) is 13.1 Å². The van der Waals surface area contributed by atoms with Crippen LogP contribution < -0.4 is 0 Å². The van der Waals surface area contributed by atoms with E-state index in [2.05, 4.69) is 31.1 Å². The number of carbonyl (C=O) groups is 1.